The van der Waals surface area contributed by atoms with Gasteiger partial charge in [-0.15, -0.1) is 0 Å². The maximum absolute atomic E-state index is 11.6. The Bertz CT molecular complexity index is 413. The highest BCUT2D eigenvalue weighted by Gasteiger charge is 2.11. The Morgan fingerprint density at radius 1 is 1.13 bits per heavy atom. The fourth-order valence-electron chi connectivity index (χ4n) is 1.18. The second-order valence-corrected chi connectivity index (χ2v) is 3.41. The van der Waals surface area contributed by atoms with E-state index in [-0.39, 0.29) is 11.5 Å². The van der Waals surface area contributed by atoms with Gasteiger partial charge in [-0.1, -0.05) is 0 Å². The molecule has 0 bridgehead atoms. The SMILES string of the molecule is CN(C)C(=O)c1cc(N)cc(C(N)=O)c1. The lowest BCUT2D eigenvalue weighted by atomic mass is 10.1. The van der Waals surface area contributed by atoms with Crippen LogP contribution in [0.2, 0.25) is 0 Å². The van der Waals surface area contributed by atoms with Crippen molar-refractivity contribution in [2.45, 2.75) is 0 Å². The van der Waals surface area contributed by atoms with Crippen LogP contribution in [0.1, 0.15) is 20.7 Å². The van der Waals surface area contributed by atoms with Gasteiger partial charge >= 0.3 is 0 Å². The third-order valence-corrected chi connectivity index (χ3v) is 1.89. The van der Waals surface area contributed by atoms with Crippen molar-refractivity contribution < 1.29 is 9.59 Å². The zero-order valence-electron chi connectivity index (χ0n) is 8.65. The first-order valence-corrected chi connectivity index (χ1v) is 4.34. The fourth-order valence-corrected chi connectivity index (χ4v) is 1.18. The predicted octanol–water partition coefficient (Wildman–Crippen LogP) is 0.0695. The summed E-state index contributed by atoms with van der Waals surface area (Å²) in [6.07, 6.45) is 0. The van der Waals surface area contributed by atoms with E-state index < -0.39 is 5.91 Å². The average molecular weight is 207 g/mol. The van der Waals surface area contributed by atoms with Crippen LogP contribution in [0.15, 0.2) is 18.2 Å². The third-order valence-electron chi connectivity index (χ3n) is 1.89. The molecule has 0 aromatic heterocycles. The van der Waals surface area contributed by atoms with Crippen molar-refractivity contribution in [3.63, 3.8) is 0 Å². The second-order valence-electron chi connectivity index (χ2n) is 3.41. The number of carbonyl (C=O) groups is 2. The van der Waals surface area contributed by atoms with Gasteiger partial charge in [0.15, 0.2) is 0 Å². The van der Waals surface area contributed by atoms with E-state index in [9.17, 15) is 9.59 Å². The molecule has 2 amide bonds. The molecule has 80 valence electrons. The first-order valence-electron chi connectivity index (χ1n) is 4.34. The van der Waals surface area contributed by atoms with Crippen molar-refractivity contribution in [2.24, 2.45) is 5.73 Å². The number of primary amides is 1. The predicted molar refractivity (Wildman–Crippen MR) is 57.4 cm³/mol. The monoisotopic (exact) mass is 207 g/mol. The number of nitrogen functional groups attached to an aromatic ring is 1. The van der Waals surface area contributed by atoms with Gasteiger partial charge in [0.1, 0.15) is 0 Å². The molecule has 0 spiro atoms. The molecule has 5 heteroatoms. The number of nitrogens with two attached hydrogens (primary N) is 2. The molecule has 0 unspecified atom stereocenters. The lowest BCUT2D eigenvalue weighted by Crippen LogP contribution is -2.22. The molecule has 0 radical (unpaired) electrons. The van der Waals surface area contributed by atoms with Crippen LogP contribution in [-0.4, -0.2) is 30.8 Å². The van der Waals surface area contributed by atoms with Crippen LogP contribution in [0.5, 0.6) is 0 Å². The summed E-state index contributed by atoms with van der Waals surface area (Å²) < 4.78 is 0. The molecule has 1 rings (SSSR count). The molecule has 0 saturated heterocycles. The molecule has 5 nitrogen and oxygen atoms in total. The number of nitrogens with zero attached hydrogens (tertiary/aromatic N) is 1. The van der Waals surface area contributed by atoms with Gasteiger partial charge in [0.05, 0.1) is 0 Å². The molecule has 0 aliphatic heterocycles. The summed E-state index contributed by atoms with van der Waals surface area (Å²) in [4.78, 5) is 23.9. The number of hydrogen-bond acceptors (Lipinski definition) is 3. The molecular formula is C10H13N3O2. The van der Waals surface area contributed by atoms with Crippen molar-refractivity contribution in [3.8, 4) is 0 Å². The van der Waals surface area contributed by atoms with Gasteiger partial charge < -0.3 is 16.4 Å². The van der Waals surface area contributed by atoms with Crippen LogP contribution in [0.4, 0.5) is 5.69 Å². The smallest absolute Gasteiger partial charge is 0.253 e. The minimum Gasteiger partial charge on any atom is -0.399 e. The molecule has 15 heavy (non-hydrogen) atoms. The molecule has 0 heterocycles. The van der Waals surface area contributed by atoms with Crippen LogP contribution in [0, 0.1) is 0 Å². The average Bonchev–Trinajstić information content (AvgIpc) is 2.15. The molecule has 0 atom stereocenters. The normalized spacial score (nSPS) is 9.73. The highest BCUT2D eigenvalue weighted by atomic mass is 16.2. The quantitative estimate of drug-likeness (QED) is 0.672. The minimum absolute atomic E-state index is 0.218. The topological polar surface area (TPSA) is 89.4 Å². The first-order chi connectivity index (χ1) is 6.91. The van der Waals surface area contributed by atoms with Crippen molar-refractivity contribution >= 4 is 17.5 Å². The van der Waals surface area contributed by atoms with Gasteiger partial charge in [0, 0.05) is 30.9 Å². The summed E-state index contributed by atoms with van der Waals surface area (Å²) in [7, 11) is 3.24. The summed E-state index contributed by atoms with van der Waals surface area (Å²) in [5, 5.41) is 0. The zero-order chi connectivity index (χ0) is 11.6. The van der Waals surface area contributed by atoms with E-state index in [2.05, 4.69) is 0 Å². The number of hydrogen-bond donors (Lipinski definition) is 2. The van der Waals surface area contributed by atoms with E-state index in [0.29, 0.717) is 11.3 Å². The summed E-state index contributed by atoms with van der Waals surface area (Å²) in [6, 6.07) is 4.38. The van der Waals surface area contributed by atoms with Gasteiger partial charge in [-0.05, 0) is 18.2 Å². The van der Waals surface area contributed by atoms with E-state index in [1.807, 2.05) is 0 Å². The summed E-state index contributed by atoms with van der Waals surface area (Å²) in [6.45, 7) is 0. The molecule has 1 aromatic rings. The van der Waals surface area contributed by atoms with Crippen molar-refractivity contribution in [2.75, 3.05) is 19.8 Å². The Balaban J connectivity index is 3.20. The summed E-state index contributed by atoms with van der Waals surface area (Å²) >= 11 is 0. The van der Waals surface area contributed by atoms with Gasteiger partial charge in [-0.25, -0.2) is 0 Å². The lowest BCUT2D eigenvalue weighted by molar-refractivity contribution is 0.0827. The number of carbonyl (C=O) groups excluding carboxylic acids is 2. The van der Waals surface area contributed by atoms with Crippen molar-refractivity contribution in [1.82, 2.24) is 4.90 Å². The number of amides is 2. The second kappa shape index (κ2) is 4.00. The highest BCUT2D eigenvalue weighted by Crippen LogP contribution is 2.13. The first kappa shape index (κ1) is 11.0. The largest absolute Gasteiger partial charge is 0.399 e. The summed E-state index contributed by atoms with van der Waals surface area (Å²) in [5.41, 5.74) is 11.6. The van der Waals surface area contributed by atoms with E-state index in [4.69, 9.17) is 11.5 Å². The molecule has 0 aliphatic rings. The van der Waals surface area contributed by atoms with Crippen LogP contribution >= 0.6 is 0 Å². The molecule has 0 saturated carbocycles. The molecule has 0 aliphatic carbocycles. The maximum Gasteiger partial charge on any atom is 0.253 e. The van der Waals surface area contributed by atoms with Crippen LogP contribution in [-0.2, 0) is 0 Å². The van der Waals surface area contributed by atoms with E-state index in [1.54, 1.807) is 14.1 Å². The Morgan fingerprint density at radius 2 is 1.67 bits per heavy atom. The van der Waals surface area contributed by atoms with Gasteiger partial charge in [-0.2, -0.15) is 0 Å². The number of anilines is 1. The minimum atomic E-state index is -0.602. The van der Waals surface area contributed by atoms with Crippen LogP contribution < -0.4 is 11.5 Å². The zero-order valence-corrected chi connectivity index (χ0v) is 8.65. The van der Waals surface area contributed by atoms with Crippen molar-refractivity contribution in [3.05, 3.63) is 29.3 Å². The van der Waals surface area contributed by atoms with E-state index >= 15 is 0 Å². The summed E-state index contributed by atoms with van der Waals surface area (Å²) in [5.74, 6) is -0.820. The number of benzene rings is 1. The molecular weight excluding hydrogens is 194 g/mol. The van der Waals surface area contributed by atoms with E-state index in [0.717, 1.165) is 0 Å². The van der Waals surface area contributed by atoms with E-state index in [1.165, 1.54) is 23.1 Å². The lowest BCUT2D eigenvalue weighted by Gasteiger charge is -2.11. The standard InChI is InChI=1S/C10H13N3O2/c1-13(2)10(15)7-3-6(9(12)14)4-8(11)5-7/h3-5H,11H2,1-2H3,(H2,12,14). The Morgan fingerprint density at radius 3 is 2.13 bits per heavy atom. The fraction of sp³-hybridized carbons (Fsp3) is 0.200. The highest BCUT2D eigenvalue weighted by molar-refractivity contribution is 6.00. The number of rotatable bonds is 2. The van der Waals surface area contributed by atoms with Gasteiger partial charge in [0.25, 0.3) is 5.91 Å². The van der Waals surface area contributed by atoms with Gasteiger partial charge in [0.2, 0.25) is 5.91 Å². The molecule has 0 fully saturated rings. The maximum atomic E-state index is 11.6. The Labute approximate surface area is 87.7 Å². The Hall–Kier alpha value is -2.04. The molecule has 4 N–H and O–H groups in total. The third kappa shape index (κ3) is 2.46. The molecule has 1 aromatic carbocycles. The van der Waals surface area contributed by atoms with Crippen LogP contribution in [0.3, 0.4) is 0 Å². The van der Waals surface area contributed by atoms with Gasteiger partial charge in [-0.3, -0.25) is 9.59 Å². The van der Waals surface area contributed by atoms with Crippen LogP contribution in [0.25, 0.3) is 0 Å². The van der Waals surface area contributed by atoms with Crippen molar-refractivity contribution in [1.29, 1.82) is 0 Å². The Kier molecular flexibility index (Phi) is 2.94.